The summed E-state index contributed by atoms with van der Waals surface area (Å²) in [6, 6.07) is 21.4. The van der Waals surface area contributed by atoms with Crippen LogP contribution in [0.5, 0.6) is 11.5 Å². The number of benzene rings is 3. The summed E-state index contributed by atoms with van der Waals surface area (Å²) in [4.78, 5) is 18.8. The van der Waals surface area contributed by atoms with Gasteiger partial charge in [-0.2, -0.15) is 0 Å². The van der Waals surface area contributed by atoms with Gasteiger partial charge in [0.15, 0.2) is 0 Å². The Hall–Kier alpha value is -3.44. The molecule has 0 saturated heterocycles. The molecule has 1 aromatic heterocycles. The number of carbonyl (C=O) groups is 1. The molecule has 0 radical (unpaired) electrons. The lowest BCUT2D eigenvalue weighted by molar-refractivity contribution is 0.0762. The number of hydrogen-bond acceptors (Lipinski definition) is 3. The van der Waals surface area contributed by atoms with Crippen LogP contribution in [0.1, 0.15) is 27.5 Å². The van der Waals surface area contributed by atoms with E-state index in [2.05, 4.69) is 11.1 Å². The summed E-state index contributed by atoms with van der Waals surface area (Å²) in [6.07, 6.45) is 0. The highest BCUT2D eigenvalue weighted by Crippen LogP contribution is 2.47. The number of methoxy groups -OCH3 is 2. The third-order valence-corrected chi connectivity index (χ3v) is 6.25. The van der Waals surface area contributed by atoms with Crippen molar-refractivity contribution in [1.82, 2.24) is 9.88 Å². The van der Waals surface area contributed by atoms with Crippen molar-refractivity contribution in [2.24, 2.45) is 0 Å². The number of nitrogens with zero attached hydrogens (tertiary/aromatic N) is 1. The lowest BCUT2D eigenvalue weighted by Crippen LogP contribution is -2.30. The van der Waals surface area contributed by atoms with Crippen molar-refractivity contribution in [2.45, 2.75) is 6.04 Å². The van der Waals surface area contributed by atoms with Gasteiger partial charge in [-0.3, -0.25) is 4.79 Å². The summed E-state index contributed by atoms with van der Waals surface area (Å²) < 4.78 is 11.2. The number of carbonyl (C=O) groups excluding carboxylic acids is 1. The van der Waals surface area contributed by atoms with Crippen molar-refractivity contribution in [3.05, 3.63) is 83.4 Å². The van der Waals surface area contributed by atoms with Crippen LogP contribution in [0.15, 0.2) is 66.7 Å². The number of aromatic amines is 1. The summed E-state index contributed by atoms with van der Waals surface area (Å²) in [5.41, 5.74) is 5.49. The fourth-order valence-corrected chi connectivity index (χ4v) is 4.85. The minimum absolute atomic E-state index is 0.0000818. The highest BCUT2D eigenvalue weighted by Gasteiger charge is 2.40. The lowest BCUT2D eigenvalue weighted by atomic mass is 9.93. The van der Waals surface area contributed by atoms with Gasteiger partial charge in [0.2, 0.25) is 0 Å². The Bertz CT molecular complexity index is 1310. The topological polar surface area (TPSA) is 54.6 Å². The molecule has 0 saturated carbocycles. The number of amides is 1. The van der Waals surface area contributed by atoms with Gasteiger partial charge in [0.25, 0.3) is 5.91 Å². The van der Waals surface area contributed by atoms with Crippen LogP contribution in [0.25, 0.3) is 22.2 Å². The molecular formula is C26H23ClN2O3. The van der Waals surface area contributed by atoms with Crippen LogP contribution in [0.3, 0.4) is 0 Å². The lowest BCUT2D eigenvalue weighted by Gasteiger charge is -2.26. The number of nitrogens with one attached hydrogen (secondary N) is 1. The summed E-state index contributed by atoms with van der Waals surface area (Å²) in [7, 11) is 3.30. The van der Waals surface area contributed by atoms with Gasteiger partial charge in [-0.05, 0) is 35.9 Å². The van der Waals surface area contributed by atoms with E-state index in [9.17, 15) is 4.79 Å². The third kappa shape index (κ3) is 3.12. The van der Waals surface area contributed by atoms with Crippen molar-refractivity contribution in [2.75, 3.05) is 26.6 Å². The molecule has 0 unspecified atom stereocenters. The minimum Gasteiger partial charge on any atom is -0.497 e. The van der Waals surface area contributed by atoms with Crippen molar-refractivity contribution in [3.63, 3.8) is 0 Å². The van der Waals surface area contributed by atoms with Crippen LogP contribution < -0.4 is 9.47 Å². The fourth-order valence-electron chi connectivity index (χ4n) is 4.67. The molecule has 32 heavy (non-hydrogen) atoms. The first kappa shape index (κ1) is 20.5. The van der Waals surface area contributed by atoms with E-state index in [4.69, 9.17) is 21.1 Å². The summed E-state index contributed by atoms with van der Waals surface area (Å²) in [5.74, 6) is 1.81. The predicted octanol–water partition coefficient (Wildman–Crippen LogP) is 5.64. The van der Waals surface area contributed by atoms with Crippen LogP contribution in [0.4, 0.5) is 0 Å². The van der Waals surface area contributed by atoms with Gasteiger partial charge < -0.3 is 19.4 Å². The molecule has 162 valence electrons. The van der Waals surface area contributed by atoms with Gasteiger partial charge in [0, 0.05) is 40.0 Å². The molecule has 5 rings (SSSR count). The Morgan fingerprint density at radius 3 is 2.53 bits per heavy atom. The highest BCUT2D eigenvalue weighted by atomic mass is 35.5. The number of para-hydroxylation sites is 1. The van der Waals surface area contributed by atoms with E-state index < -0.39 is 0 Å². The molecule has 1 aliphatic rings. The first-order valence-electron chi connectivity index (χ1n) is 10.5. The molecule has 5 nitrogen and oxygen atoms in total. The molecule has 6 heteroatoms. The van der Waals surface area contributed by atoms with Crippen LogP contribution >= 0.6 is 11.6 Å². The van der Waals surface area contributed by atoms with E-state index in [1.165, 1.54) is 0 Å². The van der Waals surface area contributed by atoms with E-state index >= 15 is 0 Å². The standard InChI is InChI=1S/C26H23ClN2O3/c1-31-16-11-12-22(32-2)20(15-16)24-23(19-9-5-6-10-21(19)28-24)25-17-7-3-4-8-18(17)26(30)29(25)14-13-27/h3-12,15,25,28H,13-14H2,1-2H3/t25-/m0/s1. The van der Waals surface area contributed by atoms with Crippen LogP contribution in [0.2, 0.25) is 0 Å². The summed E-state index contributed by atoms with van der Waals surface area (Å²) >= 11 is 6.14. The summed E-state index contributed by atoms with van der Waals surface area (Å²) in [6.45, 7) is 0.452. The molecule has 1 N–H and O–H groups in total. The number of hydrogen-bond donors (Lipinski definition) is 1. The number of halogens is 1. The molecule has 0 fully saturated rings. The first-order valence-corrected chi connectivity index (χ1v) is 11.0. The zero-order valence-electron chi connectivity index (χ0n) is 17.9. The van der Waals surface area contributed by atoms with Crippen LogP contribution in [-0.2, 0) is 0 Å². The monoisotopic (exact) mass is 446 g/mol. The van der Waals surface area contributed by atoms with Crippen molar-refractivity contribution in [3.8, 4) is 22.8 Å². The third-order valence-electron chi connectivity index (χ3n) is 6.08. The maximum atomic E-state index is 13.3. The van der Waals surface area contributed by atoms with Gasteiger partial charge in [0.05, 0.1) is 26.0 Å². The van der Waals surface area contributed by atoms with Gasteiger partial charge in [0.1, 0.15) is 11.5 Å². The number of rotatable bonds is 6. The predicted molar refractivity (Wildman–Crippen MR) is 127 cm³/mol. The second-order valence-corrected chi connectivity index (χ2v) is 8.08. The van der Waals surface area contributed by atoms with E-state index in [0.717, 1.165) is 50.3 Å². The quantitative estimate of drug-likeness (QED) is 0.390. The van der Waals surface area contributed by atoms with Gasteiger partial charge >= 0.3 is 0 Å². The molecule has 2 heterocycles. The Balaban J connectivity index is 1.83. The molecule has 3 aromatic carbocycles. The molecule has 0 spiro atoms. The zero-order valence-corrected chi connectivity index (χ0v) is 18.6. The Kier molecular flexibility index (Phi) is 5.27. The SMILES string of the molecule is COc1ccc(OC)c(-c2[nH]c3ccccc3c2[C@@H]2c3ccccc3C(=O)N2CCCl)c1. The number of ether oxygens (including phenoxy) is 2. The van der Waals surface area contributed by atoms with Gasteiger partial charge in [-0.1, -0.05) is 36.4 Å². The molecule has 1 aliphatic heterocycles. The average molecular weight is 447 g/mol. The number of H-pyrrole nitrogens is 1. The maximum Gasteiger partial charge on any atom is 0.255 e. The van der Waals surface area contributed by atoms with Crippen molar-refractivity contribution in [1.29, 1.82) is 0 Å². The highest BCUT2D eigenvalue weighted by molar-refractivity contribution is 6.18. The molecule has 4 aromatic rings. The molecule has 1 atom stereocenters. The first-order chi connectivity index (χ1) is 15.7. The Labute approximate surface area is 191 Å². The van der Waals surface area contributed by atoms with E-state index in [0.29, 0.717) is 12.4 Å². The molecule has 0 bridgehead atoms. The van der Waals surface area contributed by atoms with Gasteiger partial charge in [-0.15, -0.1) is 11.6 Å². The summed E-state index contributed by atoms with van der Waals surface area (Å²) in [5, 5.41) is 1.06. The zero-order chi connectivity index (χ0) is 22.2. The van der Waals surface area contributed by atoms with Crippen molar-refractivity contribution < 1.29 is 14.3 Å². The second-order valence-electron chi connectivity index (χ2n) is 7.70. The Morgan fingerprint density at radius 1 is 0.969 bits per heavy atom. The van der Waals surface area contributed by atoms with Crippen LogP contribution in [0, 0.1) is 0 Å². The Morgan fingerprint density at radius 2 is 1.75 bits per heavy atom. The van der Waals surface area contributed by atoms with Crippen LogP contribution in [-0.4, -0.2) is 42.4 Å². The number of alkyl halides is 1. The normalized spacial score (nSPS) is 15.3. The molecular weight excluding hydrogens is 424 g/mol. The smallest absolute Gasteiger partial charge is 0.255 e. The van der Waals surface area contributed by atoms with Gasteiger partial charge in [-0.25, -0.2) is 0 Å². The van der Waals surface area contributed by atoms with E-state index in [1.54, 1.807) is 14.2 Å². The van der Waals surface area contributed by atoms with E-state index in [1.807, 2.05) is 65.6 Å². The second kappa shape index (κ2) is 8.24. The number of aromatic nitrogens is 1. The fraction of sp³-hybridized carbons (Fsp3) is 0.192. The molecule has 1 amide bonds. The maximum absolute atomic E-state index is 13.3. The largest absolute Gasteiger partial charge is 0.497 e. The number of fused-ring (bicyclic) bond motifs is 2. The minimum atomic E-state index is -0.264. The van der Waals surface area contributed by atoms with E-state index in [-0.39, 0.29) is 11.9 Å². The van der Waals surface area contributed by atoms with Crippen molar-refractivity contribution >= 4 is 28.4 Å². The average Bonchev–Trinajstić information content (AvgIpc) is 3.34. The molecule has 0 aliphatic carbocycles.